The van der Waals surface area contributed by atoms with Crippen LogP contribution in [-0.2, 0) is 13.0 Å². The summed E-state index contributed by atoms with van der Waals surface area (Å²) in [7, 11) is 0. The maximum absolute atomic E-state index is 4.61. The number of hydrogen-bond donors (Lipinski definition) is 1. The third-order valence-electron chi connectivity index (χ3n) is 3.71. The number of nitrogens with zero attached hydrogens (tertiary/aromatic N) is 2. The van der Waals surface area contributed by atoms with Crippen LogP contribution in [0.5, 0.6) is 0 Å². The van der Waals surface area contributed by atoms with Crippen LogP contribution in [0.15, 0.2) is 30.6 Å². The van der Waals surface area contributed by atoms with E-state index in [9.17, 15) is 0 Å². The van der Waals surface area contributed by atoms with Crippen LogP contribution in [0.25, 0.3) is 0 Å². The number of nitrogens with one attached hydrogen (secondary N) is 1. The molecule has 1 unspecified atom stereocenters. The molecule has 1 aromatic carbocycles. The number of aromatic nitrogens is 2. The van der Waals surface area contributed by atoms with Gasteiger partial charge in [-0.3, -0.25) is 0 Å². The maximum atomic E-state index is 4.61. The van der Waals surface area contributed by atoms with E-state index in [0.29, 0.717) is 0 Å². The van der Waals surface area contributed by atoms with Crippen molar-refractivity contribution in [2.75, 3.05) is 6.54 Å². The first-order valence-corrected chi connectivity index (χ1v) is 6.63. The number of benzene rings is 1. The monoisotopic (exact) mass is 241 g/mol. The summed E-state index contributed by atoms with van der Waals surface area (Å²) in [6.45, 7) is 6.32. The van der Waals surface area contributed by atoms with Crippen LogP contribution >= 0.6 is 0 Å². The molecular weight excluding hydrogens is 222 g/mol. The number of rotatable bonds is 2. The van der Waals surface area contributed by atoms with Crippen molar-refractivity contribution in [3.63, 3.8) is 0 Å². The summed E-state index contributed by atoms with van der Waals surface area (Å²) in [4.78, 5) is 4.61. The highest BCUT2D eigenvalue weighted by molar-refractivity contribution is 5.34. The van der Waals surface area contributed by atoms with Gasteiger partial charge < -0.3 is 9.88 Å². The van der Waals surface area contributed by atoms with Crippen molar-refractivity contribution in [3.05, 3.63) is 53.1 Å². The van der Waals surface area contributed by atoms with E-state index in [1.165, 1.54) is 22.5 Å². The molecule has 0 saturated heterocycles. The summed E-state index contributed by atoms with van der Waals surface area (Å²) in [6.07, 6.45) is 3.05. The van der Waals surface area contributed by atoms with Crippen molar-refractivity contribution >= 4 is 0 Å². The van der Waals surface area contributed by atoms with Crippen LogP contribution in [0.2, 0.25) is 0 Å². The Bertz CT molecular complexity index is 539. The zero-order valence-electron chi connectivity index (χ0n) is 11.0. The number of aryl methyl sites for hydroxylation is 2. The highest BCUT2D eigenvalue weighted by Crippen LogP contribution is 2.27. The molecule has 3 heteroatoms. The second-order valence-electron chi connectivity index (χ2n) is 4.91. The summed E-state index contributed by atoms with van der Waals surface area (Å²) in [5.41, 5.74) is 5.20. The molecule has 0 bridgehead atoms. The van der Waals surface area contributed by atoms with Gasteiger partial charge in [0, 0.05) is 25.2 Å². The molecule has 1 aromatic heterocycles. The Morgan fingerprint density at radius 3 is 2.83 bits per heavy atom. The molecule has 0 spiro atoms. The molecule has 0 aliphatic carbocycles. The first-order chi connectivity index (χ1) is 8.79. The fraction of sp³-hybridized carbons (Fsp3) is 0.400. The van der Waals surface area contributed by atoms with Crippen molar-refractivity contribution < 1.29 is 0 Å². The summed E-state index contributed by atoms with van der Waals surface area (Å²) in [6, 6.07) is 8.99. The number of imidazole rings is 1. The molecule has 0 radical (unpaired) electrons. The highest BCUT2D eigenvalue weighted by atomic mass is 15.1. The minimum atomic E-state index is 0.252. The van der Waals surface area contributed by atoms with E-state index in [-0.39, 0.29) is 6.04 Å². The lowest BCUT2D eigenvalue weighted by Crippen LogP contribution is -2.31. The molecule has 0 fully saturated rings. The average molecular weight is 241 g/mol. The van der Waals surface area contributed by atoms with E-state index in [1.807, 2.05) is 6.33 Å². The smallest absolute Gasteiger partial charge is 0.0952 e. The van der Waals surface area contributed by atoms with Crippen molar-refractivity contribution in [2.24, 2.45) is 0 Å². The standard InChI is InChI=1S/C15H19N3/c1-3-18-10-17-15-13(18)8-9-16-14(15)12-6-4-11(2)5-7-12/h4-7,10,14,16H,3,8-9H2,1-2H3. The SMILES string of the molecule is CCn1cnc2c1CCNC2c1ccc(C)cc1. The third kappa shape index (κ3) is 1.85. The normalized spacial score (nSPS) is 18.7. The molecule has 2 heterocycles. The lowest BCUT2D eigenvalue weighted by molar-refractivity contribution is 0.538. The maximum Gasteiger partial charge on any atom is 0.0952 e. The van der Waals surface area contributed by atoms with Gasteiger partial charge in [-0.1, -0.05) is 29.8 Å². The molecule has 0 saturated carbocycles. The fourth-order valence-corrected chi connectivity index (χ4v) is 2.67. The fourth-order valence-electron chi connectivity index (χ4n) is 2.67. The molecule has 18 heavy (non-hydrogen) atoms. The van der Waals surface area contributed by atoms with Gasteiger partial charge in [0.25, 0.3) is 0 Å². The molecule has 94 valence electrons. The molecular formula is C15H19N3. The molecule has 1 N–H and O–H groups in total. The van der Waals surface area contributed by atoms with Gasteiger partial charge >= 0.3 is 0 Å². The zero-order valence-corrected chi connectivity index (χ0v) is 11.0. The van der Waals surface area contributed by atoms with Crippen molar-refractivity contribution in [3.8, 4) is 0 Å². The summed E-state index contributed by atoms with van der Waals surface area (Å²) >= 11 is 0. The summed E-state index contributed by atoms with van der Waals surface area (Å²) in [5.74, 6) is 0. The second-order valence-corrected chi connectivity index (χ2v) is 4.91. The number of hydrogen-bond acceptors (Lipinski definition) is 2. The predicted octanol–water partition coefficient (Wildman–Crippen LogP) is 2.45. The Morgan fingerprint density at radius 2 is 2.11 bits per heavy atom. The van der Waals surface area contributed by atoms with Gasteiger partial charge in [0.05, 0.1) is 18.1 Å². The Labute approximate surface area is 108 Å². The molecule has 1 aliphatic heterocycles. The molecule has 0 amide bonds. The first kappa shape index (κ1) is 11.5. The van der Waals surface area contributed by atoms with Gasteiger partial charge in [0.2, 0.25) is 0 Å². The lowest BCUT2D eigenvalue weighted by atomic mass is 9.97. The van der Waals surface area contributed by atoms with Crippen LogP contribution in [-0.4, -0.2) is 16.1 Å². The molecule has 1 atom stereocenters. The van der Waals surface area contributed by atoms with Crippen LogP contribution in [0.3, 0.4) is 0 Å². The van der Waals surface area contributed by atoms with E-state index in [2.05, 4.69) is 53.0 Å². The largest absolute Gasteiger partial charge is 0.334 e. The van der Waals surface area contributed by atoms with E-state index in [0.717, 1.165) is 19.5 Å². The van der Waals surface area contributed by atoms with Gasteiger partial charge in [-0.05, 0) is 19.4 Å². The Morgan fingerprint density at radius 1 is 1.33 bits per heavy atom. The third-order valence-corrected chi connectivity index (χ3v) is 3.71. The predicted molar refractivity (Wildman–Crippen MR) is 72.6 cm³/mol. The van der Waals surface area contributed by atoms with Gasteiger partial charge in [-0.2, -0.15) is 0 Å². The van der Waals surface area contributed by atoms with Gasteiger partial charge in [-0.25, -0.2) is 4.98 Å². The van der Waals surface area contributed by atoms with Crippen molar-refractivity contribution in [2.45, 2.75) is 32.9 Å². The molecule has 2 aromatic rings. The van der Waals surface area contributed by atoms with E-state index < -0.39 is 0 Å². The summed E-state index contributed by atoms with van der Waals surface area (Å²) in [5, 5.41) is 3.57. The Kier molecular flexibility index (Phi) is 2.92. The van der Waals surface area contributed by atoms with Crippen LogP contribution in [0.1, 0.15) is 35.5 Å². The van der Waals surface area contributed by atoms with Crippen LogP contribution < -0.4 is 5.32 Å². The number of fused-ring (bicyclic) bond motifs is 1. The van der Waals surface area contributed by atoms with E-state index in [4.69, 9.17) is 0 Å². The highest BCUT2D eigenvalue weighted by Gasteiger charge is 2.25. The summed E-state index contributed by atoms with van der Waals surface area (Å²) < 4.78 is 2.26. The topological polar surface area (TPSA) is 29.9 Å². The Balaban J connectivity index is 2.00. The lowest BCUT2D eigenvalue weighted by Gasteiger charge is -2.24. The van der Waals surface area contributed by atoms with E-state index in [1.54, 1.807) is 0 Å². The van der Waals surface area contributed by atoms with Crippen molar-refractivity contribution in [1.82, 2.24) is 14.9 Å². The van der Waals surface area contributed by atoms with Gasteiger partial charge in [-0.15, -0.1) is 0 Å². The average Bonchev–Trinajstić information content (AvgIpc) is 2.82. The minimum absolute atomic E-state index is 0.252. The van der Waals surface area contributed by atoms with Crippen LogP contribution in [0, 0.1) is 6.92 Å². The van der Waals surface area contributed by atoms with Gasteiger partial charge in [0.1, 0.15) is 0 Å². The molecule has 1 aliphatic rings. The van der Waals surface area contributed by atoms with E-state index >= 15 is 0 Å². The first-order valence-electron chi connectivity index (χ1n) is 6.63. The van der Waals surface area contributed by atoms with Crippen LogP contribution in [0.4, 0.5) is 0 Å². The van der Waals surface area contributed by atoms with Crippen molar-refractivity contribution in [1.29, 1.82) is 0 Å². The molecule has 3 nitrogen and oxygen atoms in total. The minimum Gasteiger partial charge on any atom is -0.334 e. The second kappa shape index (κ2) is 4.58. The Hall–Kier alpha value is -1.61. The molecule has 3 rings (SSSR count). The van der Waals surface area contributed by atoms with Gasteiger partial charge in [0.15, 0.2) is 0 Å². The zero-order chi connectivity index (χ0) is 12.5. The quantitative estimate of drug-likeness (QED) is 0.875.